The van der Waals surface area contributed by atoms with Crippen molar-refractivity contribution in [3.63, 3.8) is 0 Å². The van der Waals surface area contributed by atoms with E-state index in [1.165, 1.54) is 13.2 Å². The van der Waals surface area contributed by atoms with Gasteiger partial charge in [-0.2, -0.15) is 0 Å². The first kappa shape index (κ1) is 23.4. The SMILES string of the molecule is COc1ccc(C)cc1S(=O)(=O)N(CC(=O)NC[C@@H]1CCCO1)c1ccc(C)c(Cl)c1. The molecule has 1 aliphatic rings. The molecule has 1 fully saturated rings. The lowest BCUT2D eigenvalue weighted by Crippen LogP contribution is -2.43. The first-order chi connectivity index (χ1) is 14.7. The number of hydrogen-bond donors (Lipinski definition) is 1. The van der Waals surface area contributed by atoms with Crippen LogP contribution in [0.15, 0.2) is 41.3 Å². The first-order valence-corrected chi connectivity index (χ1v) is 11.9. The van der Waals surface area contributed by atoms with Crippen LogP contribution in [0, 0.1) is 13.8 Å². The number of rotatable bonds is 8. The van der Waals surface area contributed by atoms with Crippen molar-refractivity contribution >= 4 is 33.2 Å². The van der Waals surface area contributed by atoms with Crippen molar-refractivity contribution in [3.05, 3.63) is 52.5 Å². The second-order valence-corrected chi connectivity index (χ2v) is 9.78. The van der Waals surface area contributed by atoms with Crippen LogP contribution in [-0.4, -0.2) is 47.2 Å². The van der Waals surface area contributed by atoms with Gasteiger partial charge in [-0.15, -0.1) is 0 Å². The van der Waals surface area contributed by atoms with Crippen LogP contribution in [0.4, 0.5) is 5.69 Å². The van der Waals surface area contributed by atoms with Crippen LogP contribution >= 0.6 is 11.6 Å². The second-order valence-electron chi connectivity index (χ2n) is 7.54. The van der Waals surface area contributed by atoms with E-state index in [1.54, 1.807) is 37.3 Å². The molecule has 9 heteroatoms. The van der Waals surface area contributed by atoms with Crippen molar-refractivity contribution in [2.24, 2.45) is 0 Å². The van der Waals surface area contributed by atoms with Crippen molar-refractivity contribution in [2.45, 2.75) is 37.7 Å². The number of anilines is 1. The first-order valence-electron chi connectivity index (χ1n) is 10.0. The van der Waals surface area contributed by atoms with E-state index >= 15 is 0 Å². The number of amides is 1. The van der Waals surface area contributed by atoms with Crippen molar-refractivity contribution in [2.75, 3.05) is 31.1 Å². The van der Waals surface area contributed by atoms with Gasteiger partial charge in [0.15, 0.2) is 0 Å². The van der Waals surface area contributed by atoms with Crippen LogP contribution < -0.4 is 14.4 Å². The lowest BCUT2D eigenvalue weighted by Gasteiger charge is -2.26. The average molecular weight is 467 g/mol. The Hall–Kier alpha value is -2.29. The number of sulfonamides is 1. The molecule has 0 radical (unpaired) electrons. The van der Waals surface area contributed by atoms with Gasteiger partial charge in [-0.25, -0.2) is 8.42 Å². The number of halogens is 1. The predicted molar refractivity (Wildman–Crippen MR) is 120 cm³/mol. The van der Waals surface area contributed by atoms with E-state index < -0.39 is 22.5 Å². The smallest absolute Gasteiger partial charge is 0.268 e. The van der Waals surface area contributed by atoms with Crippen molar-refractivity contribution in [1.82, 2.24) is 5.32 Å². The van der Waals surface area contributed by atoms with Gasteiger partial charge in [0.1, 0.15) is 17.2 Å². The largest absolute Gasteiger partial charge is 0.495 e. The summed E-state index contributed by atoms with van der Waals surface area (Å²) in [6, 6.07) is 9.79. The molecule has 1 aliphatic heterocycles. The Balaban J connectivity index is 1.95. The fraction of sp³-hybridized carbons (Fsp3) is 0.409. The molecule has 168 valence electrons. The van der Waals surface area contributed by atoms with Gasteiger partial charge in [-0.3, -0.25) is 9.10 Å². The normalized spacial score (nSPS) is 16.2. The minimum atomic E-state index is -4.12. The Morgan fingerprint density at radius 1 is 1.26 bits per heavy atom. The van der Waals surface area contributed by atoms with Gasteiger partial charge in [0.05, 0.1) is 18.9 Å². The topological polar surface area (TPSA) is 84.9 Å². The van der Waals surface area contributed by atoms with E-state index in [0.29, 0.717) is 23.9 Å². The summed E-state index contributed by atoms with van der Waals surface area (Å²) in [6.45, 7) is 4.24. The molecule has 0 unspecified atom stereocenters. The summed E-state index contributed by atoms with van der Waals surface area (Å²) in [5.74, 6) is -0.226. The van der Waals surface area contributed by atoms with Gasteiger partial charge >= 0.3 is 0 Å². The summed E-state index contributed by atoms with van der Waals surface area (Å²) < 4.78 is 39.2. The zero-order chi connectivity index (χ0) is 22.6. The molecule has 1 atom stereocenters. The van der Waals surface area contributed by atoms with Crippen LogP contribution in [0.2, 0.25) is 5.02 Å². The predicted octanol–water partition coefficient (Wildman–Crippen LogP) is 3.46. The zero-order valence-electron chi connectivity index (χ0n) is 17.9. The molecule has 2 aromatic carbocycles. The van der Waals surface area contributed by atoms with E-state index in [2.05, 4.69) is 5.32 Å². The molecule has 0 saturated carbocycles. The third-order valence-electron chi connectivity index (χ3n) is 5.17. The third kappa shape index (κ3) is 5.50. The highest BCUT2D eigenvalue weighted by atomic mass is 35.5. The Morgan fingerprint density at radius 3 is 2.68 bits per heavy atom. The lowest BCUT2D eigenvalue weighted by atomic mass is 10.2. The Bertz CT molecular complexity index is 1050. The zero-order valence-corrected chi connectivity index (χ0v) is 19.4. The molecule has 2 aromatic rings. The maximum Gasteiger partial charge on any atom is 0.268 e. The van der Waals surface area contributed by atoms with Gasteiger partial charge in [0.25, 0.3) is 10.0 Å². The fourth-order valence-electron chi connectivity index (χ4n) is 3.38. The molecule has 0 aromatic heterocycles. The van der Waals surface area contributed by atoms with E-state index in [4.69, 9.17) is 21.1 Å². The van der Waals surface area contributed by atoms with Crippen LogP contribution in [0.5, 0.6) is 5.75 Å². The number of carbonyl (C=O) groups is 1. The average Bonchev–Trinajstić information content (AvgIpc) is 3.26. The summed E-state index contributed by atoms with van der Waals surface area (Å²) in [4.78, 5) is 12.7. The van der Waals surface area contributed by atoms with Crippen LogP contribution in [0.25, 0.3) is 0 Å². The monoisotopic (exact) mass is 466 g/mol. The molecular weight excluding hydrogens is 440 g/mol. The standard InChI is InChI=1S/C22H27ClN2O5S/c1-15-6-9-20(29-3)21(11-15)31(27,28)25(17-8-7-16(2)19(23)12-17)14-22(26)24-13-18-5-4-10-30-18/h6-9,11-12,18H,4-5,10,13-14H2,1-3H3,(H,24,26)/t18-/m0/s1. The number of nitrogens with zero attached hydrogens (tertiary/aromatic N) is 1. The maximum atomic E-state index is 13.7. The summed E-state index contributed by atoms with van der Waals surface area (Å²) in [5.41, 5.74) is 1.86. The number of nitrogens with one attached hydrogen (secondary N) is 1. The van der Waals surface area contributed by atoms with Gasteiger partial charge in [0, 0.05) is 18.2 Å². The van der Waals surface area contributed by atoms with Gasteiger partial charge < -0.3 is 14.8 Å². The third-order valence-corrected chi connectivity index (χ3v) is 7.37. The quantitative estimate of drug-likeness (QED) is 0.644. The van der Waals surface area contributed by atoms with Gasteiger partial charge in [-0.05, 0) is 62.1 Å². The summed E-state index contributed by atoms with van der Waals surface area (Å²) in [5, 5.41) is 3.19. The number of aryl methyl sites for hydroxylation is 2. The van der Waals surface area contributed by atoms with Crippen LogP contribution in [0.3, 0.4) is 0 Å². The van der Waals surface area contributed by atoms with Crippen molar-refractivity contribution in [3.8, 4) is 5.75 Å². The maximum absolute atomic E-state index is 13.7. The van der Waals surface area contributed by atoms with E-state index in [-0.39, 0.29) is 16.7 Å². The summed E-state index contributed by atoms with van der Waals surface area (Å²) in [6.07, 6.45) is 1.78. The number of ether oxygens (including phenoxy) is 2. The van der Waals surface area contributed by atoms with Gasteiger partial charge in [0.2, 0.25) is 5.91 Å². The number of carbonyl (C=O) groups excluding carboxylic acids is 1. The number of methoxy groups -OCH3 is 1. The highest BCUT2D eigenvalue weighted by Gasteiger charge is 2.31. The molecule has 0 aliphatic carbocycles. The van der Waals surface area contributed by atoms with E-state index in [9.17, 15) is 13.2 Å². The van der Waals surface area contributed by atoms with Crippen LogP contribution in [0.1, 0.15) is 24.0 Å². The highest BCUT2D eigenvalue weighted by Crippen LogP contribution is 2.32. The Labute approximate surface area is 188 Å². The molecular formula is C22H27ClN2O5S. The Kier molecular flexibility index (Phi) is 7.46. The van der Waals surface area contributed by atoms with E-state index in [1.807, 2.05) is 6.92 Å². The summed E-state index contributed by atoms with van der Waals surface area (Å²) >= 11 is 6.26. The van der Waals surface area contributed by atoms with Crippen molar-refractivity contribution in [1.29, 1.82) is 0 Å². The minimum Gasteiger partial charge on any atom is -0.495 e. The molecule has 31 heavy (non-hydrogen) atoms. The molecule has 1 heterocycles. The molecule has 0 bridgehead atoms. The number of hydrogen-bond acceptors (Lipinski definition) is 5. The summed E-state index contributed by atoms with van der Waals surface area (Å²) in [7, 11) is -2.72. The molecule has 1 N–H and O–H groups in total. The number of benzene rings is 2. The highest BCUT2D eigenvalue weighted by molar-refractivity contribution is 7.93. The fourth-order valence-corrected chi connectivity index (χ4v) is 5.21. The second kappa shape index (κ2) is 9.89. The lowest BCUT2D eigenvalue weighted by molar-refractivity contribution is -0.120. The van der Waals surface area contributed by atoms with Crippen LogP contribution in [-0.2, 0) is 19.6 Å². The van der Waals surface area contributed by atoms with E-state index in [0.717, 1.165) is 28.3 Å². The van der Waals surface area contributed by atoms with Gasteiger partial charge in [-0.1, -0.05) is 23.7 Å². The molecule has 7 nitrogen and oxygen atoms in total. The molecule has 1 amide bonds. The molecule has 1 saturated heterocycles. The molecule has 0 spiro atoms. The Morgan fingerprint density at radius 2 is 2.03 bits per heavy atom. The van der Waals surface area contributed by atoms with Crippen molar-refractivity contribution < 1.29 is 22.7 Å². The molecule has 3 rings (SSSR count). The minimum absolute atomic E-state index is 0.0152.